The number of aromatic nitrogens is 1. The van der Waals surface area contributed by atoms with Gasteiger partial charge in [-0.1, -0.05) is 6.07 Å². The number of carbonyl (C=O) groups is 2. The third-order valence-electron chi connectivity index (χ3n) is 3.46. The molecule has 2 aromatic heterocycles. The lowest BCUT2D eigenvalue weighted by molar-refractivity contribution is 0.0948. The van der Waals surface area contributed by atoms with Crippen LogP contribution in [0.5, 0.6) is 0 Å². The van der Waals surface area contributed by atoms with Gasteiger partial charge in [0.15, 0.2) is 0 Å². The van der Waals surface area contributed by atoms with E-state index in [9.17, 15) is 18.4 Å². The number of rotatable bonds is 5. The van der Waals surface area contributed by atoms with Gasteiger partial charge in [0.2, 0.25) is 0 Å². The van der Waals surface area contributed by atoms with Crippen LogP contribution in [0.4, 0.5) is 14.5 Å². The molecular weight excluding hydrogens is 344 g/mol. The number of nitrogens with zero attached hydrogens (tertiary/aromatic N) is 1. The van der Waals surface area contributed by atoms with Crippen molar-refractivity contribution in [2.45, 2.75) is 6.54 Å². The van der Waals surface area contributed by atoms with Crippen molar-refractivity contribution in [2.24, 2.45) is 0 Å². The molecule has 132 valence electrons. The Morgan fingerprint density at radius 1 is 1.04 bits per heavy atom. The molecule has 6 nitrogen and oxygen atoms in total. The minimum absolute atomic E-state index is 0.154. The standard InChI is InChI=1S/C18H13F2N3O3/c19-13-4-1-5-14(20)16(13)23-18(25)15-9-11(6-7-21-15)17(24)22-10-12-3-2-8-26-12/h1-9H,10H2,(H,22,24)(H,23,25). The summed E-state index contributed by atoms with van der Waals surface area (Å²) in [4.78, 5) is 28.2. The van der Waals surface area contributed by atoms with E-state index in [-0.39, 0.29) is 17.8 Å². The number of anilines is 1. The van der Waals surface area contributed by atoms with Crippen molar-refractivity contribution < 1.29 is 22.8 Å². The minimum Gasteiger partial charge on any atom is -0.467 e. The largest absolute Gasteiger partial charge is 0.467 e. The molecule has 0 atom stereocenters. The van der Waals surface area contributed by atoms with Crippen LogP contribution in [0.2, 0.25) is 0 Å². The number of para-hydroxylation sites is 1. The Bertz CT molecular complexity index is 922. The Labute approximate surface area is 146 Å². The van der Waals surface area contributed by atoms with E-state index in [1.807, 2.05) is 0 Å². The molecule has 0 spiro atoms. The molecule has 0 aliphatic rings. The first-order valence-electron chi connectivity index (χ1n) is 7.56. The summed E-state index contributed by atoms with van der Waals surface area (Å²) in [7, 11) is 0. The molecule has 0 aliphatic heterocycles. The van der Waals surface area contributed by atoms with Crippen molar-refractivity contribution in [3.05, 3.63) is 83.6 Å². The number of halogens is 2. The quantitative estimate of drug-likeness (QED) is 0.735. The van der Waals surface area contributed by atoms with Gasteiger partial charge in [0.1, 0.15) is 28.8 Å². The first kappa shape index (κ1) is 17.3. The third-order valence-corrected chi connectivity index (χ3v) is 3.46. The van der Waals surface area contributed by atoms with Crippen molar-refractivity contribution in [1.82, 2.24) is 10.3 Å². The van der Waals surface area contributed by atoms with Crippen molar-refractivity contribution >= 4 is 17.5 Å². The Morgan fingerprint density at radius 2 is 1.81 bits per heavy atom. The second-order valence-electron chi connectivity index (χ2n) is 5.24. The van der Waals surface area contributed by atoms with Crippen LogP contribution in [0.1, 0.15) is 26.6 Å². The van der Waals surface area contributed by atoms with Crippen LogP contribution >= 0.6 is 0 Å². The molecule has 2 N–H and O–H groups in total. The van der Waals surface area contributed by atoms with E-state index in [1.165, 1.54) is 30.7 Å². The molecule has 0 saturated heterocycles. The van der Waals surface area contributed by atoms with Gasteiger partial charge in [0.25, 0.3) is 11.8 Å². The van der Waals surface area contributed by atoms with Gasteiger partial charge in [0, 0.05) is 11.8 Å². The Balaban J connectivity index is 1.72. The van der Waals surface area contributed by atoms with Crippen LogP contribution in [0, 0.1) is 11.6 Å². The van der Waals surface area contributed by atoms with Gasteiger partial charge >= 0.3 is 0 Å². The molecular formula is C18H13F2N3O3. The van der Waals surface area contributed by atoms with Gasteiger partial charge in [-0.15, -0.1) is 0 Å². The predicted octanol–water partition coefficient (Wildman–Crippen LogP) is 3.14. The number of hydrogen-bond acceptors (Lipinski definition) is 4. The molecule has 3 rings (SSSR count). The zero-order valence-electron chi connectivity index (χ0n) is 13.3. The molecule has 0 bridgehead atoms. The van der Waals surface area contributed by atoms with Crippen molar-refractivity contribution in [3.8, 4) is 0 Å². The van der Waals surface area contributed by atoms with E-state index in [1.54, 1.807) is 12.1 Å². The molecule has 0 unspecified atom stereocenters. The number of benzene rings is 1. The van der Waals surface area contributed by atoms with Gasteiger partial charge in [-0.2, -0.15) is 0 Å². The molecule has 0 radical (unpaired) electrons. The average Bonchev–Trinajstić information content (AvgIpc) is 3.16. The summed E-state index contributed by atoms with van der Waals surface area (Å²) in [6.45, 7) is 0.177. The molecule has 0 saturated carbocycles. The maximum absolute atomic E-state index is 13.6. The number of furan rings is 1. The molecule has 2 heterocycles. The first-order valence-corrected chi connectivity index (χ1v) is 7.56. The molecule has 3 aromatic rings. The van der Waals surface area contributed by atoms with Gasteiger partial charge in [-0.3, -0.25) is 14.6 Å². The second-order valence-corrected chi connectivity index (χ2v) is 5.24. The minimum atomic E-state index is -0.911. The zero-order valence-corrected chi connectivity index (χ0v) is 13.3. The highest BCUT2D eigenvalue weighted by molar-refractivity contribution is 6.04. The van der Waals surface area contributed by atoms with Crippen LogP contribution < -0.4 is 10.6 Å². The summed E-state index contributed by atoms with van der Waals surface area (Å²) in [5.74, 6) is -2.54. The summed E-state index contributed by atoms with van der Waals surface area (Å²) < 4.78 is 32.3. The fraction of sp³-hybridized carbons (Fsp3) is 0.0556. The maximum atomic E-state index is 13.6. The monoisotopic (exact) mass is 357 g/mol. The Morgan fingerprint density at radius 3 is 2.50 bits per heavy atom. The topological polar surface area (TPSA) is 84.2 Å². The lowest BCUT2D eigenvalue weighted by atomic mass is 10.2. The van der Waals surface area contributed by atoms with E-state index < -0.39 is 29.1 Å². The van der Waals surface area contributed by atoms with Gasteiger partial charge in [0.05, 0.1) is 12.8 Å². The third kappa shape index (κ3) is 3.92. The van der Waals surface area contributed by atoms with E-state index in [4.69, 9.17) is 4.42 Å². The average molecular weight is 357 g/mol. The first-order chi connectivity index (χ1) is 12.5. The maximum Gasteiger partial charge on any atom is 0.274 e. The molecule has 0 aliphatic carbocycles. The van der Waals surface area contributed by atoms with Crippen molar-refractivity contribution in [3.63, 3.8) is 0 Å². The van der Waals surface area contributed by atoms with Crippen LogP contribution in [0.25, 0.3) is 0 Å². The molecule has 1 aromatic carbocycles. The number of carbonyl (C=O) groups excluding carboxylic acids is 2. The summed E-state index contributed by atoms with van der Waals surface area (Å²) in [5.41, 5.74) is -0.559. The molecule has 8 heteroatoms. The van der Waals surface area contributed by atoms with E-state index in [0.29, 0.717) is 5.76 Å². The van der Waals surface area contributed by atoms with E-state index >= 15 is 0 Å². The summed E-state index contributed by atoms with van der Waals surface area (Å²) in [6, 6.07) is 9.26. The highest BCUT2D eigenvalue weighted by Gasteiger charge is 2.16. The number of amides is 2. The van der Waals surface area contributed by atoms with Crippen LogP contribution in [0.3, 0.4) is 0 Å². The normalized spacial score (nSPS) is 10.4. The fourth-order valence-corrected chi connectivity index (χ4v) is 2.17. The van der Waals surface area contributed by atoms with Crippen molar-refractivity contribution in [1.29, 1.82) is 0 Å². The van der Waals surface area contributed by atoms with Crippen LogP contribution in [0.15, 0.2) is 59.3 Å². The summed E-state index contributed by atoms with van der Waals surface area (Å²) in [5, 5.41) is 4.74. The highest BCUT2D eigenvalue weighted by Crippen LogP contribution is 2.18. The van der Waals surface area contributed by atoms with Crippen molar-refractivity contribution in [2.75, 3.05) is 5.32 Å². The smallest absolute Gasteiger partial charge is 0.274 e. The number of hydrogen-bond donors (Lipinski definition) is 2. The van der Waals surface area contributed by atoms with Gasteiger partial charge in [-0.25, -0.2) is 8.78 Å². The van der Waals surface area contributed by atoms with Crippen LogP contribution in [-0.2, 0) is 6.54 Å². The summed E-state index contributed by atoms with van der Waals surface area (Å²) >= 11 is 0. The summed E-state index contributed by atoms with van der Waals surface area (Å²) in [6.07, 6.45) is 2.74. The fourth-order valence-electron chi connectivity index (χ4n) is 2.17. The molecule has 2 amide bonds. The predicted molar refractivity (Wildman–Crippen MR) is 88.4 cm³/mol. The number of pyridine rings is 1. The lowest BCUT2D eigenvalue weighted by Gasteiger charge is -2.08. The van der Waals surface area contributed by atoms with Gasteiger partial charge < -0.3 is 15.1 Å². The lowest BCUT2D eigenvalue weighted by Crippen LogP contribution is -2.23. The van der Waals surface area contributed by atoms with E-state index in [0.717, 1.165) is 12.1 Å². The Hall–Kier alpha value is -3.55. The van der Waals surface area contributed by atoms with E-state index in [2.05, 4.69) is 15.6 Å². The molecule has 0 fully saturated rings. The SMILES string of the molecule is O=C(NCc1ccco1)c1ccnc(C(=O)Nc2c(F)cccc2F)c1. The van der Waals surface area contributed by atoms with Crippen LogP contribution in [-0.4, -0.2) is 16.8 Å². The Kier molecular flexibility index (Phi) is 5.02. The number of nitrogens with one attached hydrogen (secondary N) is 2. The zero-order chi connectivity index (χ0) is 18.5. The highest BCUT2D eigenvalue weighted by atomic mass is 19.1. The van der Waals surface area contributed by atoms with Gasteiger partial charge in [-0.05, 0) is 36.4 Å². The molecule has 26 heavy (non-hydrogen) atoms. The second kappa shape index (κ2) is 7.56.